The number of benzene rings is 1. The Morgan fingerprint density at radius 2 is 1.72 bits per heavy atom. The monoisotopic (exact) mass is 398 g/mol. The Morgan fingerprint density at radius 1 is 1.10 bits per heavy atom. The van der Waals surface area contributed by atoms with Gasteiger partial charge in [0.15, 0.2) is 0 Å². The van der Waals surface area contributed by atoms with Crippen LogP contribution in [0.2, 0.25) is 0 Å². The van der Waals surface area contributed by atoms with Crippen LogP contribution < -0.4 is 5.32 Å². The number of carbonyl (C=O) groups excluding carboxylic acids is 2. The SMILES string of the molecule is Cc1onc(C(C)(C)C)c1C(=O)NC(C(=O)N1CCN(C)CC1)c1ccccc1. The van der Waals surface area contributed by atoms with Crippen molar-refractivity contribution in [2.75, 3.05) is 33.2 Å². The molecule has 0 spiro atoms. The zero-order valence-electron chi connectivity index (χ0n) is 17.9. The summed E-state index contributed by atoms with van der Waals surface area (Å²) in [5.41, 5.74) is 1.40. The van der Waals surface area contributed by atoms with E-state index in [-0.39, 0.29) is 17.2 Å². The predicted molar refractivity (Wildman–Crippen MR) is 111 cm³/mol. The third-order valence-electron chi connectivity index (χ3n) is 5.27. The summed E-state index contributed by atoms with van der Waals surface area (Å²) < 4.78 is 5.31. The topological polar surface area (TPSA) is 78.7 Å². The molecule has 1 aromatic carbocycles. The molecule has 0 radical (unpaired) electrons. The van der Waals surface area contributed by atoms with E-state index in [0.717, 1.165) is 18.7 Å². The maximum Gasteiger partial charge on any atom is 0.257 e. The molecular weight excluding hydrogens is 368 g/mol. The Bertz CT molecular complexity index is 862. The van der Waals surface area contributed by atoms with E-state index >= 15 is 0 Å². The van der Waals surface area contributed by atoms with Gasteiger partial charge in [0.2, 0.25) is 5.91 Å². The van der Waals surface area contributed by atoms with Crippen molar-refractivity contribution in [1.82, 2.24) is 20.3 Å². The first-order valence-electron chi connectivity index (χ1n) is 9.98. The first kappa shape index (κ1) is 21.0. The van der Waals surface area contributed by atoms with Crippen LogP contribution >= 0.6 is 0 Å². The van der Waals surface area contributed by atoms with E-state index in [1.54, 1.807) is 6.92 Å². The molecule has 1 saturated heterocycles. The van der Waals surface area contributed by atoms with Crippen LogP contribution in [0.4, 0.5) is 0 Å². The Kier molecular flexibility index (Phi) is 6.07. The van der Waals surface area contributed by atoms with Gasteiger partial charge in [-0.2, -0.15) is 0 Å². The van der Waals surface area contributed by atoms with Gasteiger partial charge in [-0.1, -0.05) is 56.3 Å². The maximum absolute atomic E-state index is 13.3. The number of nitrogens with zero attached hydrogens (tertiary/aromatic N) is 3. The van der Waals surface area contributed by atoms with Crippen molar-refractivity contribution in [2.45, 2.75) is 39.2 Å². The molecule has 1 atom stereocenters. The van der Waals surface area contributed by atoms with Crippen molar-refractivity contribution < 1.29 is 14.1 Å². The van der Waals surface area contributed by atoms with E-state index < -0.39 is 6.04 Å². The predicted octanol–water partition coefficient (Wildman–Crippen LogP) is 2.53. The number of nitrogens with one attached hydrogen (secondary N) is 1. The minimum atomic E-state index is -0.755. The van der Waals surface area contributed by atoms with Gasteiger partial charge in [0.25, 0.3) is 5.91 Å². The molecule has 2 amide bonds. The minimum absolute atomic E-state index is 0.0935. The van der Waals surface area contributed by atoms with E-state index in [1.165, 1.54) is 0 Å². The lowest BCUT2D eigenvalue weighted by atomic mass is 9.88. The largest absolute Gasteiger partial charge is 0.361 e. The summed E-state index contributed by atoms with van der Waals surface area (Å²) in [6.07, 6.45) is 0. The fraction of sp³-hybridized carbons (Fsp3) is 0.500. The minimum Gasteiger partial charge on any atom is -0.361 e. The maximum atomic E-state index is 13.3. The molecule has 1 aromatic heterocycles. The van der Waals surface area contributed by atoms with E-state index in [1.807, 2.05) is 63.1 Å². The lowest BCUT2D eigenvalue weighted by Gasteiger charge is -2.35. The van der Waals surface area contributed by atoms with Gasteiger partial charge >= 0.3 is 0 Å². The summed E-state index contributed by atoms with van der Waals surface area (Å²) in [6, 6.07) is 8.61. The summed E-state index contributed by atoms with van der Waals surface area (Å²) in [7, 11) is 2.04. The average Bonchev–Trinajstić information content (AvgIpc) is 3.09. The van der Waals surface area contributed by atoms with Gasteiger partial charge in [-0.05, 0) is 19.5 Å². The van der Waals surface area contributed by atoms with E-state index in [9.17, 15) is 9.59 Å². The van der Waals surface area contributed by atoms with Crippen LogP contribution in [0, 0.1) is 6.92 Å². The number of piperazine rings is 1. The molecule has 1 N–H and O–H groups in total. The summed E-state index contributed by atoms with van der Waals surface area (Å²) >= 11 is 0. The van der Waals surface area contributed by atoms with Gasteiger partial charge in [0.1, 0.15) is 23.1 Å². The van der Waals surface area contributed by atoms with Crippen molar-refractivity contribution in [3.8, 4) is 0 Å². The third-order valence-corrected chi connectivity index (χ3v) is 5.27. The quantitative estimate of drug-likeness (QED) is 0.856. The fourth-order valence-electron chi connectivity index (χ4n) is 3.50. The highest BCUT2D eigenvalue weighted by Crippen LogP contribution is 2.28. The first-order valence-corrected chi connectivity index (χ1v) is 9.98. The fourth-order valence-corrected chi connectivity index (χ4v) is 3.50. The van der Waals surface area contributed by atoms with E-state index in [0.29, 0.717) is 30.1 Å². The molecule has 3 rings (SSSR count). The molecule has 156 valence electrons. The summed E-state index contributed by atoms with van der Waals surface area (Å²) in [4.78, 5) is 30.6. The second-order valence-corrected chi connectivity index (χ2v) is 8.66. The Morgan fingerprint density at radius 3 is 2.31 bits per heavy atom. The van der Waals surface area contributed by atoms with Crippen molar-refractivity contribution in [1.29, 1.82) is 0 Å². The molecule has 7 heteroatoms. The molecule has 1 aliphatic heterocycles. The van der Waals surface area contributed by atoms with Crippen molar-refractivity contribution in [3.05, 3.63) is 52.9 Å². The van der Waals surface area contributed by atoms with Crippen LogP contribution in [0.5, 0.6) is 0 Å². The molecule has 1 unspecified atom stereocenters. The second kappa shape index (κ2) is 8.37. The highest BCUT2D eigenvalue weighted by Gasteiger charge is 2.33. The zero-order valence-corrected chi connectivity index (χ0v) is 17.9. The highest BCUT2D eigenvalue weighted by atomic mass is 16.5. The van der Waals surface area contributed by atoms with Gasteiger partial charge in [0, 0.05) is 31.6 Å². The van der Waals surface area contributed by atoms with Gasteiger partial charge < -0.3 is 19.6 Å². The Labute approximate surface area is 172 Å². The molecule has 0 bridgehead atoms. The summed E-state index contributed by atoms with van der Waals surface area (Å²) in [5, 5.41) is 7.05. The number of hydrogen-bond donors (Lipinski definition) is 1. The average molecular weight is 399 g/mol. The number of carbonyl (C=O) groups is 2. The zero-order chi connectivity index (χ0) is 21.2. The summed E-state index contributed by atoms with van der Waals surface area (Å²) in [5.74, 6) is 0.0142. The number of aromatic nitrogens is 1. The highest BCUT2D eigenvalue weighted by molar-refractivity contribution is 5.99. The summed E-state index contributed by atoms with van der Waals surface area (Å²) in [6.45, 7) is 10.6. The molecule has 2 aromatic rings. The van der Waals surface area contributed by atoms with Crippen molar-refractivity contribution in [2.24, 2.45) is 0 Å². The molecule has 29 heavy (non-hydrogen) atoms. The molecule has 1 aliphatic rings. The smallest absolute Gasteiger partial charge is 0.257 e. The van der Waals surface area contributed by atoms with Crippen LogP contribution in [0.15, 0.2) is 34.9 Å². The molecule has 2 heterocycles. The van der Waals surface area contributed by atoms with E-state index in [4.69, 9.17) is 4.52 Å². The van der Waals surface area contributed by atoms with E-state index in [2.05, 4.69) is 15.4 Å². The Hall–Kier alpha value is -2.67. The second-order valence-electron chi connectivity index (χ2n) is 8.66. The van der Waals surface area contributed by atoms with Crippen LogP contribution in [0.1, 0.15) is 54.2 Å². The van der Waals surface area contributed by atoms with Gasteiger partial charge in [-0.3, -0.25) is 9.59 Å². The number of likely N-dealkylation sites (N-methyl/N-ethyl adjacent to an activating group) is 1. The number of rotatable bonds is 4. The lowest BCUT2D eigenvalue weighted by Crippen LogP contribution is -2.51. The molecule has 7 nitrogen and oxygen atoms in total. The molecule has 0 aliphatic carbocycles. The molecule has 1 fully saturated rings. The van der Waals surface area contributed by atoms with Crippen LogP contribution in [0.3, 0.4) is 0 Å². The molecular formula is C22H30N4O3. The number of amides is 2. The third kappa shape index (κ3) is 4.67. The van der Waals surface area contributed by atoms with Gasteiger partial charge in [-0.15, -0.1) is 0 Å². The van der Waals surface area contributed by atoms with Crippen LogP contribution in [-0.4, -0.2) is 60.0 Å². The Balaban J connectivity index is 1.89. The van der Waals surface area contributed by atoms with Gasteiger partial charge in [0.05, 0.1) is 0 Å². The number of hydrogen-bond acceptors (Lipinski definition) is 5. The standard InChI is InChI=1S/C22H30N4O3/c1-15-17(19(24-29-15)22(2,3)4)20(27)23-18(16-9-7-6-8-10-16)21(28)26-13-11-25(5)12-14-26/h6-10,18H,11-14H2,1-5H3,(H,23,27). The van der Waals surface area contributed by atoms with Crippen LogP contribution in [0.25, 0.3) is 0 Å². The van der Waals surface area contributed by atoms with Crippen molar-refractivity contribution in [3.63, 3.8) is 0 Å². The lowest BCUT2D eigenvalue weighted by molar-refractivity contribution is -0.135. The molecule has 0 saturated carbocycles. The normalized spacial score (nSPS) is 16.5. The van der Waals surface area contributed by atoms with Crippen molar-refractivity contribution >= 4 is 11.8 Å². The van der Waals surface area contributed by atoms with Crippen LogP contribution in [-0.2, 0) is 10.2 Å². The number of aryl methyl sites for hydroxylation is 1. The first-order chi connectivity index (χ1) is 13.7. The van der Waals surface area contributed by atoms with Gasteiger partial charge in [-0.25, -0.2) is 0 Å².